The van der Waals surface area contributed by atoms with Gasteiger partial charge in [-0.15, -0.1) is 4.52 Å². The summed E-state index contributed by atoms with van der Waals surface area (Å²) in [5, 5.41) is 1.46. The van der Waals surface area contributed by atoms with Crippen molar-refractivity contribution in [1.29, 1.82) is 0 Å². The van der Waals surface area contributed by atoms with Crippen molar-refractivity contribution in [2.45, 2.75) is 0 Å². The van der Waals surface area contributed by atoms with Crippen LogP contribution >= 0.6 is 39.1 Å². The highest BCUT2D eigenvalue weighted by Gasteiger charge is 2.51. The normalized spacial score (nSPS) is 13.0. The third-order valence-electron chi connectivity index (χ3n) is 9.76. The molecule has 10 rings (SSSR count). The van der Waals surface area contributed by atoms with Gasteiger partial charge in [-0.25, -0.2) is 13.9 Å². The summed E-state index contributed by atoms with van der Waals surface area (Å²) < 4.78 is 111. The highest BCUT2D eigenvalue weighted by atomic mass is 31.3. The molecule has 20 heteroatoms. The maximum atomic E-state index is 15.7. The number of rotatable bonds is 15. The largest absolute Gasteiger partial charge is 0.595 e. The summed E-state index contributed by atoms with van der Waals surface area (Å²) in [7, 11) is -22.6. The molecule has 8 aromatic carbocycles. The lowest BCUT2D eigenvalue weighted by Crippen LogP contribution is -2.09. The van der Waals surface area contributed by atoms with E-state index in [-0.39, 0.29) is 34.5 Å². The van der Waals surface area contributed by atoms with Crippen LogP contribution < -0.4 is 27.1 Å². The van der Waals surface area contributed by atoms with Gasteiger partial charge in [0.2, 0.25) is 0 Å². The van der Waals surface area contributed by atoms with Crippen molar-refractivity contribution < 1.29 is 53.3 Å². The molecule has 9 aromatic rings. The molecule has 1 aromatic heterocycles. The summed E-state index contributed by atoms with van der Waals surface area (Å²) in [5.41, 5.74) is 2.05. The fraction of sp³-hybridized carbons (Fsp3) is 0. The molecule has 0 fully saturated rings. The topological polar surface area (TPSA) is 171 Å². The summed E-state index contributed by atoms with van der Waals surface area (Å²) in [6.45, 7) is 3.86. The van der Waals surface area contributed by atoms with Crippen molar-refractivity contribution in [3.05, 3.63) is 218 Å². The number of para-hydroxylation sites is 8. The van der Waals surface area contributed by atoms with Crippen LogP contribution in [0, 0.1) is 0 Å². The van der Waals surface area contributed by atoms with Gasteiger partial charge in [0.15, 0.2) is 0 Å². The Hall–Kier alpha value is -7.03. The molecule has 0 saturated heterocycles. The van der Waals surface area contributed by atoms with E-state index < -0.39 is 39.1 Å². The number of hydrogen-bond donors (Lipinski definition) is 0. The predicted molar refractivity (Wildman–Crippen MR) is 269 cm³/mol. The molecular weight excluding hydrogens is 977 g/mol. The zero-order chi connectivity index (χ0) is 47.2. The second kappa shape index (κ2) is 19.9. The molecule has 0 saturated carbocycles. The first kappa shape index (κ1) is 45.7. The number of phosphoric ester groups is 2. The van der Waals surface area contributed by atoms with Crippen LogP contribution in [0.3, 0.4) is 0 Å². The van der Waals surface area contributed by atoms with Crippen molar-refractivity contribution in [2.75, 3.05) is 0 Å². The molecule has 69 heavy (non-hydrogen) atoms. The Morgan fingerprint density at radius 1 is 0.435 bits per heavy atom. The fourth-order valence-electron chi connectivity index (χ4n) is 6.83. The summed E-state index contributed by atoms with van der Waals surface area (Å²) in [6.07, 6.45) is 0. The first-order chi connectivity index (χ1) is 33.7. The standard InChI is InChI=1S/C49H38N3O12P5/c1-50-66(63-68(53,57-38-22-6-2-7-23-38)58-39-24-8-3-9-25-39,64-69(54,59-40-26-10-4-11-27-40)60-41-28-12-5-13-29-41)52-67(61-48-36-20-16-32-44(48)45-33-17-21-37-49(45)62-67)51-65-55-46-34-18-14-30-42(46)43-31-15-19-35-47(43)56-65/h2-37H,1H2. The van der Waals surface area contributed by atoms with E-state index in [1.807, 2.05) is 60.7 Å². The van der Waals surface area contributed by atoms with E-state index in [1.54, 1.807) is 109 Å². The Balaban J connectivity index is 1.29. The second-order valence-corrected chi connectivity index (χ2v) is 23.3. The Labute approximate surface area is 397 Å². The van der Waals surface area contributed by atoms with Crippen LogP contribution in [0.25, 0.3) is 33.1 Å². The van der Waals surface area contributed by atoms with Gasteiger partial charge in [0.1, 0.15) is 45.7 Å². The van der Waals surface area contributed by atoms with Gasteiger partial charge in [0.25, 0.3) is 0 Å². The van der Waals surface area contributed by atoms with Crippen molar-refractivity contribution in [2.24, 2.45) is 13.8 Å². The van der Waals surface area contributed by atoms with Crippen molar-refractivity contribution >= 4 is 67.8 Å². The van der Waals surface area contributed by atoms with Crippen molar-refractivity contribution in [3.63, 3.8) is 0 Å². The molecule has 0 unspecified atom stereocenters. The Bertz CT molecular complexity index is 3240. The zero-order valence-corrected chi connectivity index (χ0v) is 40.4. The lowest BCUT2D eigenvalue weighted by atomic mass is 10.0. The van der Waals surface area contributed by atoms with Gasteiger partial charge >= 0.3 is 39.1 Å². The maximum Gasteiger partial charge on any atom is 0.595 e. The molecule has 15 nitrogen and oxygen atoms in total. The van der Waals surface area contributed by atoms with E-state index >= 15 is 9.13 Å². The van der Waals surface area contributed by atoms with Crippen LogP contribution in [-0.4, -0.2) is 6.72 Å². The van der Waals surface area contributed by atoms with Crippen LogP contribution in [0.15, 0.2) is 241 Å². The van der Waals surface area contributed by atoms with Crippen LogP contribution in [-0.2, 0) is 17.8 Å². The monoisotopic (exact) mass is 1020 g/mol. The van der Waals surface area contributed by atoms with E-state index in [4.69, 9.17) is 53.2 Å². The van der Waals surface area contributed by atoms with Gasteiger partial charge in [-0.1, -0.05) is 150 Å². The zero-order valence-electron chi connectivity index (χ0n) is 36.0. The minimum atomic E-state index is -5.16. The fourth-order valence-corrected chi connectivity index (χ4v) is 17.7. The van der Waals surface area contributed by atoms with Gasteiger partial charge in [-0.2, -0.15) is 8.62 Å². The lowest BCUT2D eigenvalue weighted by molar-refractivity contribution is 0.272. The quantitative estimate of drug-likeness (QED) is 0.0704. The Kier molecular flexibility index (Phi) is 13.2. The lowest BCUT2D eigenvalue weighted by Gasteiger charge is -2.28. The smallest absolute Gasteiger partial charge is 0.413 e. The second-order valence-electron chi connectivity index (χ2n) is 14.6. The molecule has 346 valence electrons. The highest BCUT2D eigenvalue weighted by molar-refractivity contribution is 7.76. The number of phosphoric acid groups is 2. The minimum absolute atomic E-state index is 0.0447. The van der Waals surface area contributed by atoms with E-state index in [0.717, 1.165) is 10.8 Å². The molecular formula is C49H38N3O12P5. The van der Waals surface area contributed by atoms with Gasteiger partial charge in [-0.3, -0.25) is 0 Å². The first-order valence-electron chi connectivity index (χ1n) is 21.0. The Morgan fingerprint density at radius 3 is 1.14 bits per heavy atom. The molecule has 1 aliphatic heterocycles. The van der Waals surface area contributed by atoms with Crippen LogP contribution in [0.2, 0.25) is 0 Å². The minimum Gasteiger partial charge on any atom is -0.413 e. The number of benzene rings is 8. The SMILES string of the molecule is C=NP(=NP1(=Np2oc3ccccc3c3ccccc3o2)Oc2ccccc2-c2ccccc2O1)(OP(=O)(Oc1ccccc1)Oc1ccccc1)OP(=O)(Oc1ccccc1)Oc1ccccc1. The number of fused-ring (bicyclic) bond motifs is 6. The van der Waals surface area contributed by atoms with E-state index in [0.29, 0.717) is 22.3 Å². The summed E-state index contributed by atoms with van der Waals surface area (Å²) in [4.78, 5) is 0. The van der Waals surface area contributed by atoms with E-state index in [9.17, 15) is 0 Å². The molecule has 1 aliphatic rings. The van der Waals surface area contributed by atoms with E-state index in [2.05, 4.69) is 11.5 Å². The third-order valence-corrected chi connectivity index (χ3v) is 20.0. The third kappa shape index (κ3) is 10.7. The maximum absolute atomic E-state index is 15.7. The summed E-state index contributed by atoms with van der Waals surface area (Å²) in [6, 6.07) is 61.3. The van der Waals surface area contributed by atoms with Crippen LogP contribution in [0.5, 0.6) is 34.5 Å². The van der Waals surface area contributed by atoms with Gasteiger partial charge in [-0.05, 0) is 79.5 Å². The predicted octanol–water partition coefficient (Wildman–Crippen LogP) is 17.3. The first-order valence-corrected chi connectivity index (χ1v) is 28.1. The molecule has 0 atom stereocenters. The van der Waals surface area contributed by atoms with Gasteiger partial charge < -0.3 is 35.5 Å². The van der Waals surface area contributed by atoms with E-state index in [1.165, 1.54) is 48.5 Å². The average Bonchev–Trinajstić information content (AvgIpc) is 3.60. The molecule has 0 amide bonds. The Morgan fingerprint density at radius 2 is 0.768 bits per heavy atom. The molecule has 2 heterocycles. The van der Waals surface area contributed by atoms with Crippen molar-refractivity contribution in [3.8, 4) is 45.6 Å². The summed E-state index contributed by atoms with van der Waals surface area (Å²) in [5.74, 6) is 0.659. The van der Waals surface area contributed by atoms with Crippen LogP contribution in [0.4, 0.5) is 0 Å². The van der Waals surface area contributed by atoms with Gasteiger partial charge in [0, 0.05) is 21.9 Å². The van der Waals surface area contributed by atoms with Crippen molar-refractivity contribution in [1.82, 2.24) is 0 Å². The van der Waals surface area contributed by atoms with Crippen LogP contribution in [0.1, 0.15) is 0 Å². The molecule has 0 bridgehead atoms. The summed E-state index contributed by atoms with van der Waals surface area (Å²) >= 11 is 0. The van der Waals surface area contributed by atoms with Gasteiger partial charge in [0.05, 0.1) is 0 Å². The molecule has 0 spiro atoms. The molecule has 0 radical (unpaired) electrons. The molecule has 0 aliphatic carbocycles. The molecule has 0 N–H and O–H groups in total. The average molecular weight is 1020 g/mol. The number of hydrogen-bond acceptors (Lipinski definition) is 13. The number of nitrogens with zero attached hydrogens (tertiary/aromatic N) is 3. The highest BCUT2D eigenvalue weighted by Crippen LogP contribution is 2.79.